The molecular weight excluding hydrogens is 326 g/mol. The molecular formula is C16H17N5O2S. The van der Waals surface area contributed by atoms with Crippen LogP contribution in [0.5, 0.6) is 0 Å². The van der Waals surface area contributed by atoms with Crippen LogP contribution in [0.1, 0.15) is 34.3 Å². The van der Waals surface area contributed by atoms with Crippen LogP contribution in [0.15, 0.2) is 35.3 Å². The predicted octanol–water partition coefficient (Wildman–Crippen LogP) is 2.55. The van der Waals surface area contributed by atoms with Crippen molar-refractivity contribution in [3.63, 3.8) is 0 Å². The maximum absolute atomic E-state index is 12.7. The van der Waals surface area contributed by atoms with E-state index >= 15 is 0 Å². The van der Waals surface area contributed by atoms with Crippen LogP contribution < -0.4 is 0 Å². The molecule has 1 aliphatic heterocycles. The number of rotatable bonds is 3. The first-order valence-corrected chi connectivity index (χ1v) is 8.67. The molecule has 0 unspecified atom stereocenters. The minimum atomic E-state index is 0.0433. The number of nitrogens with zero attached hydrogens (tertiary/aromatic N) is 5. The normalized spacial score (nSPS) is 15.8. The van der Waals surface area contributed by atoms with Crippen LogP contribution in [0.2, 0.25) is 0 Å². The summed E-state index contributed by atoms with van der Waals surface area (Å²) in [4.78, 5) is 19.5. The molecule has 124 valence electrons. The molecule has 8 heteroatoms. The fraction of sp³-hybridized carbons (Fsp3) is 0.375. The van der Waals surface area contributed by atoms with Crippen molar-refractivity contribution < 1.29 is 9.21 Å². The van der Waals surface area contributed by atoms with Gasteiger partial charge in [-0.1, -0.05) is 0 Å². The lowest BCUT2D eigenvalue weighted by molar-refractivity contribution is 0.0715. The molecule has 1 amide bonds. The standard InChI is InChI=1S/C16H17N5O2S/c1-20-10-18-19-14(20)11-4-6-21(7-5-11)16(22)13-9-17-15(24-13)12-3-2-8-23-12/h2-3,8-11H,4-7H2,1H3. The minimum absolute atomic E-state index is 0.0433. The van der Waals surface area contributed by atoms with Crippen molar-refractivity contribution in [2.24, 2.45) is 7.05 Å². The van der Waals surface area contributed by atoms with Crippen molar-refractivity contribution >= 4 is 17.2 Å². The summed E-state index contributed by atoms with van der Waals surface area (Å²) < 4.78 is 7.29. The topological polar surface area (TPSA) is 77.1 Å². The van der Waals surface area contributed by atoms with Gasteiger partial charge in [-0.2, -0.15) is 0 Å². The summed E-state index contributed by atoms with van der Waals surface area (Å²) in [5.41, 5.74) is 0. The zero-order valence-corrected chi connectivity index (χ0v) is 14.1. The smallest absolute Gasteiger partial charge is 0.265 e. The van der Waals surface area contributed by atoms with E-state index < -0.39 is 0 Å². The fourth-order valence-corrected chi connectivity index (χ4v) is 3.90. The largest absolute Gasteiger partial charge is 0.462 e. The first kappa shape index (κ1) is 15.1. The highest BCUT2D eigenvalue weighted by Crippen LogP contribution is 2.29. The number of amides is 1. The monoisotopic (exact) mass is 343 g/mol. The number of hydrogen-bond acceptors (Lipinski definition) is 6. The summed E-state index contributed by atoms with van der Waals surface area (Å²) in [7, 11) is 1.96. The van der Waals surface area contributed by atoms with Crippen LogP contribution in [0.25, 0.3) is 10.8 Å². The van der Waals surface area contributed by atoms with Gasteiger partial charge in [0.15, 0.2) is 10.8 Å². The molecule has 4 rings (SSSR count). The molecule has 3 aromatic rings. The lowest BCUT2D eigenvalue weighted by Crippen LogP contribution is -2.38. The Hall–Kier alpha value is -2.48. The van der Waals surface area contributed by atoms with Crippen molar-refractivity contribution in [3.8, 4) is 10.8 Å². The highest BCUT2D eigenvalue weighted by atomic mass is 32.1. The Balaban J connectivity index is 1.42. The summed E-state index contributed by atoms with van der Waals surface area (Å²) >= 11 is 1.37. The number of carbonyl (C=O) groups excluding carboxylic acids is 1. The Kier molecular flexibility index (Phi) is 3.89. The molecule has 4 heterocycles. The summed E-state index contributed by atoms with van der Waals surface area (Å²) in [6.45, 7) is 1.45. The second-order valence-electron chi connectivity index (χ2n) is 5.87. The van der Waals surface area contributed by atoms with E-state index in [1.54, 1.807) is 18.8 Å². The number of thiazole rings is 1. The van der Waals surface area contributed by atoms with Crippen LogP contribution in [-0.4, -0.2) is 43.6 Å². The Labute approximate surface area is 142 Å². The highest BCUT2D eigenvalue weighted by molar-refractivity contribution is 7.16. The third-order valence-corrected chi connectivity index (χ3v) is 5.34. The Morgan fingerprint density at radius 3 is 2.88 bits per heavy atom. The van der Waals surface area contributed by atoms with Gasteiger partial charge in [0.05, 0.1) is 12.5 Å². The van der Waals surface area contributed by atoms with E-state index in [1.165, 1.54) is 11.3 Å². The molecule has 24 heavy (non-hydrogen) atoms. The van der Waals surface area contributed by atoms with Gasteiger partial charge in [0.1, 0.15) is 17.0 Å². The van der Waals surface area contributed by atoms with Gasteiger partial charge in [0, 0.05) is 26.1 Å². The molecule has 0 aliphatic carbocycles. The molecule has 0 aromatic carbocycles. The lowest BCUT2D eigenvalue weighted by atomic mass is 9.96. The average molecular weight is 343 g/mol. The number of aromatic nitrogens is 4. The average Bonchev–Trinajstić information content (AvgIpc) is 3.35. The van der Waals surface area contributed by atoms with E-state index in [-0.39, 0.29) is 5.91 Å². The van der Waals surface area contributed by atoms with Crippen molar-refractivity contribution in [1.82, 2.24) is 24.6 Å². The molecule has 1 aliphatic rings. The second kappa shape index (κ2) is 6.20. The molecule has 0 N–H and O–H groups in total. The van der Waals surface area contributed by atoms with Gasteiger partial charge in [-0.3, -0.25) is 4.79 Å². The molecule has 0 radical (unpaired) electrons. The van der Waals surface area contributed by atoms with Gasteiger partial charge >= 0.3 is 0 Å². The first-order chi connectivity index (χ1) is 11.7. The second-order valence-corrected chi connectivity index (χ2v) is 6.90. The zero-order chi connectivity index (χ0) is 16.5. The van der Waals surface area contributed by atoms with Crippen LogP contribution in [0, 0.1) is 0 Å². The van der Waals surface area contributed by atoms with Crippen molar-refractivity contribution in [2.45, 2.75) is 18.8 Å². The van der Waals surface area contributed by atoms with Gasteiger partial charge in [-0.15, -0.1) is 21.5 Å². The Morgan fingerprint density at radius 2 is 2.21 bits per heavy atom. The summed E-state index contributed by atoms with van der Waals surface area (Å²) in [6.07, 6.45) is 6.78. The number of hydrogen-bond donors (Lipinski definition) is 0. The quantitative estimate of drug-likeness (QED) is 0.730. The number of aryl methyl sites for hydroxylation is 1. The molecule has 1 saturated heterocycles. The van der Waals surface area contributed by atoms with Crippen LogP contribution in [-0.2, 0) is 7.05 Å². The highest BCUT2D eigenvalue weighted by Gasteiger charge is 2.28. The Morgan fingerprint density at radius 1 is 1.38 bits per heavy atom. The van der Waals surface area contributed by atoms with E-state index in [2.05, 4.69) is 15.2 Å². The third kappa shape index (κ3) is 2.73. The van der Waals surface area contributed by atoms with E-state index in [1.807, 2.05) is 28.6 Å². The van der Waals surface area contributed by atoms with E-state index in [9.17, 15) is 4.79 Å². The van der Waals surface area contributed by atoms with Crippen molar-refractivity contribution in [1.29, 1.82) is 0 Å². The summed E-state index contributed by atoms with van der Waals surface area (Å²) in [6, 6.07) is 3.66. The molecule has 1 fully saturated rings. The first-order valence-electron chi connectivity index (χ1n) is 7.85. The molecule has 3 aromatic heterocycles. The van der Waals surface area contributed by atoms with Crippen molar-refractivity contribution in [3.05, 3.63) is 41.6 Å². The van der Waals surface area contributed by atoms with Gasteiger partial charge < -0.3 is 13.9 Å². The molecule has 7 nitrogen and oxygen atoms in total. The van der Waals surface area contributed by atoms with E-state index in [0.29, 0.717) is 16.6 Å². The van der Waals surface area contributed by atoms with Crippen LogP contribution in [0.4, 0.5) is 0 Å². The molecule has 0 bridgehead atoms. The number of likely N-dealkylation sites (tertiary alicyclic amines) is 1. The zero-order valence-electron chi connectivity index (χ0n) is 13.3. The maximum Gasteiger partial charge on any atom is 0.265 e. The van der Waals surface area contributed by atoms with E-state index in [4.69, 9.17) is 4.42 Å². The fourth-order valence-electron chi connectivity index (χ4n) is 3.05. The van der Waals surface area contributed by atoms with E-state index in [0.717, 1.165) is 36.8 Å². The van der Waals surface area contributed by atoms with Gasteiger partial charge in [-0.25, -0.2) is 4.98 Å². The van der Waals surface area contributed by atoms with Crippen LogP contribution in [0.3, 0.4) is 0 Å². The van der Waals surface area contributed by atoms with Gasteiger partial charge in [0.25, 0.3) is 5.91 Å². The number of carbonyl (C=O) groups is 1. The Bertz CT molecular complexity index is 830. The summed E-state index contributed by atoms with van der Waals surface area (Å²) in [5.74, 6) is 2.10. The minimum Gasteiger partial charge on any atom is -0.462 e. The molecule has 0 atom stereocenters. The number of furan rings is 1. The molecule has 0 spiro atoms. The van der Waals surface area contributed by atoms with Gasteiger partial charge in [0.2, 0.25) is 0 Å². The maximum atomic E-state index is 12.7. The third-order valence-electron chi connectivity index (χ3n) is 4.34. The summed E-state index contributed by atoms with van der Waals surface area (Å²) in [5, 5.41) is 8.87. The SMILES string of the molecule is Cn1cnnc1C1CCN(C(=O)c2cnc(-c3ccco3)s2)CC1. The van der Waals surface area contributed by atoms with Gasteiger partial charge in [-0.05, 0) is 25.0 Å². The molecule has 0 saturated carbocycles. The lowest BCUT2D eigenvalue weighted by Gasteiger charge is -2.31. The van der Waals surface area contributed by atoms with Crippen molar-refractivity contribution in [2.75, 3.05) is 13.1 Å². The number of piperidine rings is 1. The predicted molar refractivity (Wildman–Crippen MR) is 88.7 cm³/mol. The van der Waals surface area contributed by atoms with Crippen LogP contribution >= 0.6 is 11.3 Å².